The van der Waals surface area contributed by atoms with Crippen LogP contribution < -0.4 is 24.2 Å². The molecule has 0 spiro atoms. The van der Waals surface area contributed by atoms with Gasteiger partial charge in [0.05, 0.1) is 24.8 Å². The van der Waals surface area contributed by atoms with Gasteiger partial charge in [0.1, 0.15) is 17.5 Å². The van der Waals surface area contributed by atoms with Gasteiger partial charge in [0.15, 0.2) is 22.2 Å². The Morgan fingerprint density at radius 2 is 1.84 bits per heavy atom. The van der Waals surface area contributed by atoms with Crippen molar-refractivity contribution >= 4 is 33.3 Å². The molecule has 14 nitrogen and oxygen atoms in total. The van der Waals surface area contributed by atoms with E-state index in [4.69, 9.17) is 18.7 Å². The number of amides is 3. The molecule has 15 heteroatoms. The van der Waals surface area contributed by atoms with E-state index in [1.807, 2.05) is 6.92 Å². The van der Waals surface area contributed by atoms with Gasteiger partial charge in [-0.15, -0.1) is 0 Å². The highest BCUT2D eigenvalue weighted by Gasteiger charge is 2.35. The van der Waals surface area contributed by atoms with Crippen molar-refractivity contribution in [3.8, 4) is 17.2 Å². The SMILES string of the molecule is Cc1noc(C)c1S(=O)(=O)Nc1ccc2c(c1)C(=O)N([C@@H](C)CO)C[C@H](C)[C@H](CN(C)C(=O)Nc1ccc3c(c1)OCO3)O2. The van der Waals surface area contributed by atoms with Crippen molar-refractivity contribution in [3.63, 3.8) is 0 Å². The van der Waals surface area contributed by atoms with Crippen LogP contribution in [0.25, 0.3) is 0 Å². The zero-order valence-electron chi connectivity index (χ0n) is 25.0. The highest BCUT2D eigenvalue weighted by molar-refractivity contribution is 7.92. The van der Waals surface area contributed by atoms with Gasteiger partial charge in [-0.1, -0.05) is 12.1 Å². The monoisotopic (exact) mass is 629 g/mol. The predicted molar refractivity (Wildman–Crippen MR) is 159 cm³/mol. The summed E-state index contributed by atoms with van der Waals surface area (Å²) in [6.45, 7) is 6.85. The molecule has 3 aromatic rings. The smallest absolute Gasteiger partial charge is 0.321 e. The third-order valence-electron chi connectivity index (χ3n) is 7.58. The van der Waals surface area contributed by atoms with Crippen molar-refractivity contribution in [2.45, 2.75) is 44.7 Å². The second kappa shape index (κ2) is 12.2. The van der Waals surface area contributed by atoms with Gasteiger partial charge in [0, 0.05) is 37.0 Å². The lowest BCUT2D eigenvalue weighted by Gasteiger charge is -2.38. The fourth-order valence-electron chi connectivity index (χ4n) is 5.11. The van der Waals surface area contributed by atoms with Crippen LogP contribution in [0, 0.1) is 19.8 Å². The first-order valence-electron chi connectivity index (χ1n) is 14.0. The van der Waals surface area contributed by atoms with E-state index < -0.39 is 28.1 Å². The van der Waals surface area contributed by atoms with Gasteiger partial charge in [0.25, 0.3) is 15.9 Å². The number of aliphatic hydroxyl groups is 1. The maximum absolute atomic E-state index is 13.8. The number of carbonyl (C=O) groups excluding carboxylic acids is 2. The summed E-state index contributed by atoms with van der Waals surface area (Å²) in [4.78, 5) is 29.8. The molecule has 0 fully saturated rings. The van der Waals surface area contributed by atoms with Crippen LogP contribution in [0.2, 0.25) is 0 Å². The fourth-order valence-corrected chi connectivity index (χ4v) is 6.50. The average molecular weight is 630 g/mol. The Kier molecular flexibility index (Phi) is 8.61. The van der Waals surface area contributed by atoms with Crippen LogP contribution >= 0.6 is 0 Å². The molecule has 3 atom stereocenters. The molecule has 3 amide bonds. The number of benzene rings is 2. The summed E-state index contributed by atoms with van der Waals surface area (Å²) in [6, 6.07) is 8.57. The van der Waals surface area contributed by atoms with Crippen molar-refractivity contribution in [2.75, 3.05) is 43.6 Å². The van der Waals surface area contributed by atoms with Gasteiger partial charge in [-0.2, -0.15) is 0 Å². The number of hydrogen-bond acceptors (Lipinski definition) is 10. The first-order chi connectivity index (χ1) is 20.9. The minimum absolute atomic E-state index is 0.0849. The Labute approximate surface area is 254 Å². The van der Waals surface area contributed by atoms with Crippen LogP contribution in [0.3, 0.4) is 0 Å². The van der Waals surface area contributed by atoms with Crippen molar-refractivity contribution < 1.29 is 41.8 Å². The normalized spacial score (nSPS) is 18.5. The second-order valence-corrected chi connectivity index (χ2v) is 12.6. The number of likely N-dealkylation sites (N-methyl/N-ethyl adjacent to an activating group) is 1. The van der Waals surface area contributed by atoms with Crippen LogP contribution in [0.15, 0.2) is 45.8 Å². The summed E-state index contributed by atoms with van der Waals surface area (Å²) in [6.07, 6.45) is -0.562. The average Bonchev–Trinajstić information content (AvgIpc) is 3.59. The number of urea groups is 1. The van der Waals surface area contributed by atoms with Crippen molar-refractivity contribution in [1.29, 1.82) is 0 Å². The molecule has 0 aliphatic carbocycles. The van der Waals surface area contributed by atoms with E-state index >= 15 is 0 Å². The number of anilines is 2. The lowest BCUT2D eigenvalue weighted by atomic mass is 9.99. The number of rotatable bonds is 8. The molecule has 44 heavy (non-hydrogen) atoms. The highest BCUT2D eigenvalue weighted by Crippen LogP contribution is 2.35. The number of carbonyl (C=O) groups is 2. The number of aromatic nitrogens is 1. The van der Waals surface area contributed by atoms with Crippen LogP contribution in [0.4, 0.5) is 16.2 Å². The van der Waals surface area contributed by atoms with Gasteiger partial charge < -0.3 is 39.0 Å². The first kappa shape index (κ1) is 30.9. The Morgan fingerprint density at radius 1 is 1.14 bits per heavy atom. The van der Waals surface area contributed by atoms with E-state index in [9.17, 15) is 23.1 Å². The number of nitrogens with one attached hydrogen (secondary N) is 2. The van der Waals surface area contributed by atoms with E-state index in [1.165, 1.54) is 41.8 Å². The summed E-state index contributed by atoms with van der Waals surface area (Å²) in [5.74, 6) is 0.801. The predicted octanol–water partition coefficient (Wildman–Crippen LogP) is 3.20. The second-order valence-electron chi connectivity index (χ2n) is 11.0. The highest BCUT2D eigenvalue weighted by atomic mass is 32.2. The number of hydrogen-bond donors (Lipinski definition) is 3. The van der Waals surface area contributed by atoms with Crippen LogP contribution in [-0.4, -0.2) is 86.1 Å². The quantitative estimate of drug-likeness (QED) is 0.336. The summed E-state index contributed by atoms with van der Waals surface area (Å²) in [5, 5.41) is 16.5. The Balaban J connectivity index is 1.39. The zero-order chi connectivity index (χ0) is 31.8. The lowest BCUT2D eigenvalue weighted by molar-refractivity contribution is 0.0371. The van der Waals surface area contributed by atoms with Crippen molar-refractivity contribution in [3.05, 3.63) is 53.4 Å². The molecule has 5 rings (SSSR count). The number of ether oxygens (including phenoxy) is 3. The van der Waals surface area contributed by atoms with Crippen LogP contribution in [0.1, 0.15) is 35.7 Å². The van der Waals surface area contributed by atoms with Gasteiger partial charge in [-0.25, -0.2) is 13.2 Å². The van der Waals surface area contributed by atoms with Crippen molar-refractivity contribution in [2.24, 2.45) is 5.92 Å². The molecule has 236 valence electrons. The van der Waals surface area contributed by atoms with Gasteiger partial charge in [0.2, 0.25) is 6.79 Å². The topological polar surface area (TPSA) is 173 Å². The van der Waals surface area contributed by atoms with Gasteiger partial charge >= 0.3 is 6.03 Å². The third kappa shape index (κ3) is 6.24. The molecule has 3 heterocycles. The molecule has 2 aliphatic rings. The molecule has 1 aromatic heterocycles. The number of aliphatic hydroxyl groups excluding tert-OH is 1. The molecule has 0 radical (unpaired) electrons. The molecular formula is C29H35N5O9S. The fraction of sp³-hybridized carbons (Fsp3) is 0.414. The van der Waals surface area contributed by atoms with Gasteiger partial charge in [-0.05, 0) is 51.1 Å². The van der Waals surface area contributed by atoms with Crippen LogP contribution in [-0.2, 0) is 10.0 Å². The maximum atomic E-state index is 13.8. The molecule has 0 saturated heterocycles. The molecule has 0 saturated carbocycles. The molecule has 3 N–H and O–H groups in total. The number of fused-ring (bicyclic) bond motifs is 2. The number of nitrogens with zero attached hydrogens (tertiary/aromatic N) is 3. The maximum Gasteiger partial charge on any atom is 0.321 e. The third-order valence-corrected chi connectivity index (χ3v) is 9.20. The van der Waals surface area contributed by atoms with Gasteiger partial charge in [-0.3, -0.25) is 9.52 Å². The largest absolute Gasteiger partial charge is 0.487 e. The van der Waals surface area contributed by atoms with E-state index in [1.54, 1.807) is 32.2 Å². The Bertz CT molecular complexity index is 1660. The standard InChI is InChI=1S/C29H35N5O9S/c1-16-12-34(17(2)14-35)28(36)22-10-21(32-44(38,39)27-18(3)31-43-19(27)4)7-8-23(22)42-26(16)13-33(5)29(37)30-20-6-9-24-25(11-20)41-15-40-24/h6-11,16-17,26,32,35H,12-15H2,1-5H3,(H,30,37)/t16-,17-,26-/m0/s1. The molecular weight excluding hydrogens is 594 g/mol. The number of sulfonamides is 1. The molecule has 0 bridgehead atoms. The van der Waals surface area contributed by atoms with E-state index in [0.29, 0.717) is 17.2 Å². The summed E-state index contributed by atoms with van der Waals surface area (Å²) >= 11 is 0. The van der Waals surface area contributed by atoms with E-state index in [2.05, 4.69) is 15.2 Å². The van der Waals surface area contributed by atoms with E-state index in [-0.39, 0.29) is 71.8 Å². The van der Waals surface area contributed by atoms with E-state index in [0.717, 1.165) is 0 Å². The van der Waals surface area contributed by atoms with Crippen molar-refractivity contribution in [1.82, 2.24) is 15.0 Å². The summed E-state index contributed by atoms with van der Waals surface area (Å²) in [7, 11) is -2.45. The Morgan fingerprint density at radius 3 is 2.55 bits per heavy atom. The first-order valence-corrected chi connectivity index (χ1v) is 15.5. The summed E-state index contributed by atoms with van der Waals surface area (Å²) in [5.41, 5.74) is 0.964. The minimum atomic E-state index is -4.08. The minimum Gasteiger partial charge on any atom is -0.487 e. The Hall–Kier alpha value is -4.50. The zero-order valence-corrected chi connectivity index (χ0v) is 25.8. The lowest BCUT2D eigenvalue weighted by Crippen LogP contribution is -2.50. The summed E-state index contributed by atoms with van der Waals surface area (Å²) < 4.78 is 50.8. The molecule has 2 aromatic carbocycles. The number of aryl methyl sites for hydroxylation is 2. The molecule has 2 aliphatic heterocycles. The van der Waals surface area contributed by atoms with Crippen LogP contribution in [0.5, 0.6) is 17.2 Å². The molecule has 0 unspecified atom stereocenters.